The number of carbonyl (C=O) groups is 2. The van der Waals surface area contributed by atoms with Gasteiger partial charge in [-0.25, -0.2) is 9.97 Å². The molecular weight excluding hydrogens is 280 g/mol. The van der Waals surface area contributed by atoms with Crippen LogP contribution in [0.2, 0.25) is 5.02 Å². The number of amides is 2. The number of aromatic nitrogens is 2. The molecule has 108 valence electrons. The van der Waals surface area contributed by atoms with E-state index < -0.39 is 0 Å². The van der Waals surface area contributed by atoms with Gasteiger partial charge in [0.1, 0.15) is 5.82 Å². The third-order valence-corrected chi connectivity index (χ3v) is 3.31. The van der Waals surface area contributed by atoms with Gasteiger partial charge in [-0.15, -0.1) is 0 Å². The van der Waals surface area contributed by atoms with Crippen molar-refractivity contribution in [2.24, 2.45) is 0 Å². The molecule has 0 aliphatic carbocycles. The normalized spacial score (nSPS) is 16.0. The van der Waals surface area contributed by atoms with E-state index in [1.54, 1.807) is 0 Å². The van der Waals surface area contributed by atoms with E-state index in [9.17, 15) is 9.59 Å². The molecule has 0 spiro atoms. The Morgan fingerprint density at radius 1 is 1.50 bits per heavy atom. The molecule has 1 aromatic rings. The van der Waals surface area contributed by atoms with Gasteiger partial charge < -0.3 is 10.2 Å². The second-order valence-corrected chi connectivity index (χ2v) is 5.42. The molecule has 2 rings (SSSR count). The van der Waals surface area contributed by atoms with E-state index in [4.69, 9.17) is 11.6 Å². The van der Waals surface area contributed by atoms with Crippen LogP contribution in [-0.4, -0.2) is 46.3 Å². The molecule has 0 saturated carbocycles. The zero-order valence-corrected chi connectivity index (χ0v) is 12.3. The zero-order valence-electron chi connectivity index (χ0n) is 11.5. The Morgan fingerprint density at radius 2 is 2.25 bits per heavy atom. The first-order valence-electron chi connectivity index (χ1n) is 6.57. The molecule has 2 heterocycles. The topological polar surface area (TPSA) is 75.2 Å². The smallest absolute Gasteiger partial charge is 0.274 e. The van der Waals surface area contributed by atoms with E-state index in [-0.39, 0.29) is 35.0 Å². The molecule has 1 N–H and O–H groups in total. The van der Waals surface area contributed by atoms with Crippen LogP contribution in [-0.2, 0) is 4.79 Å². The van der Waals surface area contributed by atoms with Crippen LogP contribution < -0.4 is 5.32 Å². The Labute approximate surface area is 122 Å². The van der Waals surface area contributed by atoms with Crippen molar-refractivity contribution in [3.8, 4) is 0 Å². The third kappa shape index (κ3) is 3.25. The summed E-state index contributed by atoms with van der Waals surface area (Å²) in [4.78, 5) is 33.8. The predicted octanol–water partition coefficient (Wildman–Crippen LogP) is 1.22. The summed E-state index contributed by atoms with van der Waals surface area (Å²) in [7, 11) is 0. The molecule has 1 aliphatic rings. The lowest BCUT2D eigenvalue weighted by molar-refractivity contribution is -0.121. The lowest BCUT2D eigenvalue weighted by Crippen LogP contribution is -2.38. The fraction of sp³-hybridized carbons (Fsp3) is 0.538. The minimum absolute atomic E-state index is 0.0379. The first-order chi connectivity index (χ1) is 9.49. The van der Waals surface area contributed by atoms with Gasteiger partial charge in [-0.3, -0.25) is 9.59 Å². The molecular formula is C13H17ClN4O2. The van der Waals surface area contributed by atoms with Gasteiger partial charge in [0.25, 0.3) is 5.91 Å². The van der Waals surface area contributed by atoms with Crippen molar-refractivity contribution in [3.63, 3.8) is 0 Å². The van der Waals surface area contributed by atoms with Gasteiger partial charge in [-0.05, 0) is 6.42 Å². The zero-order chi connectivity index (χ0) is 14.7. The quantitative estimate of drug-likeness (QED) is 0.890. The Bertz CT molecular complexity index is 533. The van der Waals surface area contributed by atoms with E-state index >= 15 is 0 Å². The minimum Gasteiger partial charge on any atom is -0.354 e. The molecule has 0 radical (unpaired) electrons. The van der Waals surface area contributed by atoms with Gasteiger partial charge in [0.05, 0.1) is 17.8 Å². The summed E-state index contributed by atoms with van der Waals surface area (Å²) < 4.78 is 0. The minimum atomic E-state index is -0.323. The first kappa shape index (κ1) is 14.7. The Hall–Kier alpha value is -1.69. The average Bonchev–Trinajstić information content (AvgIpc) is 2.63. The fourth-order valence-corrected chi connectivity index (χ4v) is 2.11. The lowest BCUT2D eigenvalue weighted by Gasteiger charge is -2.19. The van der Waals surface area contributed by atoms with Crippen LogP contribution in [0.25, 0.3) is 0 Å². The molecule has 1 aliphatic heterocycles. The van der Waals surface area contributed by atoms with Crippen molar-refractivity contribution in [3.05, 3.63) is 22.7 Å². The van der Waals surface area contributed by atoms with Crippen LogP contribution in [0.1, 0.15) is 42.5 Å². The highest BCUT2D eigenvalue weighted by molar-refractivity contribution is 6.33. The van der Waals surface area contributed by atoms with Crippen LogP contribution in [0.5, 0.6) is 0 Å². The van der Waals surface area contributed by atoms with Crippen LogP contribution in [0, 0.1) is 0 Å². The molecule has 7 heteroatoms. The van der Waals surface area contributed by atoms with E-state index in [1.165, 1.54) is 11.1 Å². The Morgan fingerprint density at radius 3 is 2.95 bits per heavy atom. The van der Waals surface area contributed by atoms with Crippen molar-refractivity contribution in [1.82, 2.24) is 20.2 Å². The number of hydrogen-bond donors (Lipinski definition) is 1. The lowest BCUT2D eigenvalue weighted by atomic mass is 10.2. The molecule has 1 saturated heterocycles. The Balaban J connectivity index is 2.27. The first-order valence-corrected chi connectivity index (χ1v) is 6.95. The summed E-state index contributed by atoms with van der Waals surface area (Å²) in [5.74, 6) is 0.185. The largest absolute Gasteiger partial charge is 0.354 e. The number of rotatable bonds is 2. The maximum atomic E-state index is 12.5. The maximum absolute atomic E-state index is 12.5. The Kier molecular flexibility index (Phi) is 4.54. The van der Waals surface area contributed by atoms with Crippen LogP contribution in [0.15, 0.2) is 6.20 Å². The van der Waals surface area contributed by atoms with Crippen molar-refractivity contribution in [2.75, 3.05) is 19.6 Å². The number of nitrogens with one attached hydrogen (secondary N) is 1. The number of nitrogens with zero attached hydrogens (tertiary/aromatic N) is 3. The van der Waals surface area contributed by atoms with Crippen LogP contribution in [0.3, 0.4) is 0 Å². The van der Waals surface area contributed by atoms with Crippen molar-refractivity contribution < 1.29 is 9.59 Å². The molecule has 2 amide bonds. The van der Waals surface area contributed by atoms with Gasteiger partial charge >= 0.3 is 0 Å². The summed E-state index contributed by atoms with van der Waals surface area (Å²) >= 11 is 6.02. The average molecular weight is 297 g/mol. The van der Waals surface area contributed by atoms with Crippen molar-refractivity contribution in [2.45, 2.75) is 26.2 Å². The summed E-state index contributed by atoms with van der Waals surface area (Å²) in [5.41, 5.74) is 0.167. The highest BCUT2D eigenvalue weighted by Crippen LogP contribution is 2.18. The summed E-state index contributed by atoms with van der Waals surface area (Å²) in [5, 5.41) is 2.94. The van der Waals surface area contributed by atoms with E-state index in [1.807, 2.05) is 13.8 Å². The molecule has 0 bridgehead atoms. The second-order valence-electron chi connectivity index (χ2n) is 5.01. The molecule has 20 heavy (non-hydrogen) atoms. The third-order valence-electron chi connectivity index (χ3n) is 3.03. The van der Waals surface area contributed by atoms with Gasteiger partial charge in [0.15, 0.2) is 5.69 Å². The van der Waals surface area contributed by atoms with Crippen LogP contribution >= 0.6 is 11.6 Å². The summed E-state index contributed by atoms with van der Waals surface area (Å²) in [6.07, 6.45) is 2.16. The summed E-state index contributed by atoms with van der Waals surface area (Å²) in [6, 6.07) is 0. The number of halogens is 1. The highest BCUT2D eigenvalue weighted by Gasteiger charge is 2.24. The van der Waals surface area contributed by atoms with Crippen molar-refractivity contribution >= 4 is 23.4 Å². The molecule has 0 aromatic carbocycles. The SMILES string of the molecule is CC(C)c1ncc(Cl)c(C(=O)N2CCCNC(=O)C2)n1. The molecule has 1 fully saturated rings. The van der Waals surface area contributed by atoms with E-state index in [0.717, 1.165) is 6.42 Å². The van der Waals surface area contributed by atoms with E-state index in [2.05, 4.69) is 15.3 Å². The molecule has 0 atom stereocenters. The van der Waals surface area contributed by atoms with Crippen LogP contribution in [0.4, 0.5) is 0 Å². The van der Waals surface area contributed by atoms with Crippen molar-refractivity contribution in [1.29, 1.82) is 0 Å². The van der Waals surface area contributed by atoms with Gasteiger partial charge in [0, 0.05) is 19.0 Å². The van der Waals surface area contributed by atoms with Gasteiger partial charge in [-0.1, -0.05) is 25.4 Å². The number of carbonyl (C=O) groups excluding carboxylic acids is 2. The monoisotopic (exact) mass is 296 g/mol. The number of hydrogen-bond acceptors (Lipinski definition) is 4. The maximum Gasteiger partial charge on any atom is 0.274 e. The molecule has 0 unspecified atom stereocenters. The predicted molar refractivity (Wildman–Crippen MR) is 74.7 cm³/mol. The second kappa shape index (κ2) is 6.17. The summed E-state index contributed by atoms with van der Waals surface area (Å²) in [6.45, 7) is 5.01. The van der Waals surface area contributed by atoms with E-state index in [0.29, 0.717) is 18.9 Å². The highest BCUT2D eigenvalue weighted by atomic mass is 35.5. The molecule has 6 nitrogen and oxygen atoms in total. The van der Waals surface area contributed by atoms with Gasteiger partial charge in [0.2, 0.25) is 5.91 Å². The fourth-order valence-electron chi connectivity index (χ4n) is 1.94. The molecule has 1 aromatic heterocycles. The standard InChI is InChI=1S/C13H17ClN4O2/c1-8(2)12-16-6-9(14)11(17-12)13(20)18-5-3-4-15-10(19)7-18/h6,8H,3-5,7H2,1-2H3,(H,15,19). The van der Waals surface area contributed by atoms with Gasteiger partial charge in [-0.2, -0.15) is 0 Å².